The van der Waals surface area contributed by atoms with Gasteiger partial charge in [-0.25, -0.2) is 8.78 Å². The van der Waals surface area contributed by atoms with E-state index >= 15 is 0 Å². The highest BCUT2D eigenvalue weighted by atomic mass is 35.5. The van der Waals surface area contributed by atoms with Crippen LogP contribution in [0, 0.1) is 52.8 Å². The van der Waals surface area contributed by atoms with Crippen LogP contribution in [-0.2, 0) is 14.2 Å². The van der Waals surface area contributed by atoms with E-state index in [1.165, 1.54) is 103 Å². The second kappa shape index (κ2) is 186. The maximum Gasteiger partial charge on any atom is 0.247 e. The highest BCUT2D eigenvalue weighted by molar-refractivity contribution is 6.20. The first kappa shape index (κ1) is 205. The van der Waals surface area contributed by atoms with E-state index in [2.05, 4.69) is 249 Å². The molecule has 0 aromatic heterocycles. The molecule has 0 saturated heterocycles. The number of nitrogens with one attached hydrogen (secondary N) is 2. The van der Waals surface area contributed by atoms with Gasteiger partial charge in [0.1, 0.15) is 0 Å². The molecule has 0 aromatic carbocycles. The molecule has 5 unspecified atom stereocenters. The second-order valence-corrected chi connectivity index (χ2v) is 28.9. The fraction of sp³-hybridized carbons (Fsp3) is 1.00. The van der Waals surface area contributed by atoms with E-state index < -0.39 is 5.92 Å². The fourth-order valence-corrected chi connectivity index (χ4v) is 7.12. The normalized spacial score (nSPS) is 10.7. The summed E-state index contributed by atoms with van der Waals surface area (Å²) in [6.45, 7) is 83.2. The first-order valence-electron chi connectivity index (χ1n) is 40.5. The van der Waals surface area contributed by atoms with Crippen LogP contribution >= 0.6 is 11.6 Å². The van der Waals surface area contributed by atoms with Gasteiger partial charge in [-0.15, -0.1) is 11.6 Å². The van der Waals surface area contributed by atoms with Gasteiger partial charge in [-0.3, -0.25) is 8.78 Å². The van der Waals surface area contributed by atoms with Gasteiger partial charge in [-0.2, -0.15) is 0 Å². The van der Waals surface area contributed by atoms with E-state index in [1.54, 1.807) is 21.1 Å². The van der Waals surface area contributed by atoms with E-state index in [1.807, 2.05) is 20.9 Å². The van der Waals surface area contributed by atoms with Crippen LogP contribution in [0.2, 0.25) is 0 Å². The lowest BCUT2D eigenvalue weighted by atomic mass is 9.81. The summed E-state index contributed by atoms with van der Waals surface area (Å²) < 4.78 is 59.8. The Labute approximate surface area is 733 Å². The number of hydrogen-bond donors (Lipinski definition) is 2. The lowest BCUT2D eigenvalue weighted by Gasteiger charge is -2.25. The molecule has 1 fully saturated rings. The van der Waals surface area contributed by atoms with Gasteiger partial charge in [0.25, 0.3) is 0 Å². The zero-order valence-corrected chi connectivity index (χ0v) is 76.2. The second-order valence-electron chi connectivity index (χ2n) is 28.2. The van der Waals surface area contributed by atoms with Crippen molar-refractivity contribution >= 4 is 11.6 Å². The predicted octanol–water partition coefficient (Wildman–Crippen LogP) is 38.3. The number of halogens is 5. The molecule has 1 aliphatic carbocycles. The zero-order chi connectivity index (χ0) is 80.1. The molecule has 1 aliphatic rings. The molecule has 2 N–H and O–H groups in total. The van der Waals surface area contributed by atoms with Gasteiger partial charge >= 0.3 is 0 Å². The Morgan fingerprint density at radius 2 is 0.830 bits per heavy atom. The number of nitrogens with zero attached hydrogens (tertiary/aromatic N) is 2. The number of alkyl halides is 5. The van der Waals surface area contributed by atoms with Gasteiger partial charge in [0.2, 0.25) is 5.92 Å². The summed E-state index contributed by atoms with van der Waals surface area (Å²) in [5, 5.41) is 6.54. The molecule has 0 aliphatic heterocycles. The topological polar surface area (TPSA) is 58.2 Å². The van der Waals surface area contributed by atoms with Gasteiger partial charge in [0, 0.05) is 52.3 Å². The third kappa shape index (κ3) is 291. The summed E-state index contributed by atoms with van der Waals surface area (Å²) in [7, 11) is 12.2. The summed E-state index contributed by atoms with van der Waals surface area (Å²) >= 11 is 5.65. The Kier molecular flexibility index (Phi) is 340. The van der Waals surface area contributed by atoms with Crippen LogP contribution in [0.4, 0.5) is 17.6 Å². The van der Waals surface area contributed by atoms with Crippen molar-refractivity contribution in [3.8, 4) is 0 Å². The average Bonchev–Trinajstić information content (AvgIpc) is 0.949. The van der Waals surface area contributed by atoms with Crippen LogP contribution in [-0.4, -0.2) is 143 Å². The molecule has 112 heavy (non-hydrogen) atoms. The van der Waals surface area contributed by atoms with Crippen molar-refractivity contribution in [2.75, 3.05) is 115 Å². The third-order valence-electron chi connectivity index (χ3n) is 15.8. The van der Waals surface area contributed by atoms with Crippen molar-refractivity contribution in [2.45, 2.75) is 505 Å². The molecule has 0 bridgehead atoms. The van der Waals surface area contributed by atoms with Crippen LogP contribution in [0.5, 0.6) is 0 Å². The van der Waals surface area contributed by atoms with E-state index in [9.17, 15) is 17.6 Å². The quantitative estimate of drug-likeness (QED) is 0.0514. The minimum atomic E-state index is -2.41. The largest absolute Gasteiger partial charge is 0.385 e. The Hall–Kier alpha value is -0.270. The van der Waals surface area contributed by atoms with Gasteiger partial charge in [-0.1, -0.05) is 397 Å². The molecule has 7 nitrogen and oxygen atoms in total. The number of methoxy groups -OCH3 is 2. The summed E-state index contributed by atoms with van der Waals surface area (Å²) in [6, 6.07) is 0. The molecule has 0 heterocycles. The van der Waals surface area contributed by atoms with Crippen molar-refractivity contribution in [3.63, 3.8) is 0 Å². The minimum Gasteiger partial charge on any atom is -0.385 e. The SMILES string of the molecule is C.C.C.C.C.C.C.C.C.C.C.C.C.C.C.CCC(C)C(C)(C)C.CCC(C)C(C)CC.CCC(C)CC(C)C.CCC(Cl)CC.CCCC(C)C.CCCC(C)C.CCCC(C)OC.CCCC(F)(F)CC.CCCN(C)C.CCCNC.CCCOC.CCN(C)CC.CCNCC.CCOCC.CF.FCC1CCC1. The Morgan fingerprint density at radius 3 is 0.866 bits per heavy atom. The molecule has 1 saturated carbocycles. The predicted molar refractivity (Wildman–Crippen MR) is 550 cm³/mol. The number of ether oxygens (including phenoxy) is 3. The van der Waals surface area contributed by atoms with Crippen molar-refractivity contribution in [2.24, 2.45) is 52.8 Å². The van der Waals surface area contributed by atoms with Gasteiger partial charge in [-0.05, 0) is 199 Å². The van der Waals surface area contributed by atoms with Crippen LogP contribution in [0.3, 0.4) is 0 Å². The van der Waals surface area contributed by atoms with Crippen molar-refractivity contribution in [1.29, 1.82) is 0 Å². The lowest BCUT2D eigenvalue weighted by molar-refractivity contribution is -0.0119. The minimum absolute atomic E-state index is 0. The van der Waals surface area contributed by atoms with E-state index in [-0.39, 0.29) is 131 Å². The summed E-state index contributed by atoms with van der Waals surface area (Å²) in [5.74, 6) is 4.33. The first-order chi connectivity index (χ1) is 45.3. The van der Waals surface area contributed by atoms with Crippen LogP contribution < -0.4 is 10.6 Å². The lowest BCUT2D eigenvalue weighted by Crippen LogP contribution is -2.15. The van der Waals surface area contributed by atoms with Gasteiger partial charge < -0.3 is 34.6 Å². The molecule has 0 amide bonds. The summed E-state index contributed by atoms with van der Waals surface area (Å²) in [4.78, 5) is 4.43. The van der Waals surface area contributed by atoms with Crippen molar-refractivity contribution in [3.05, 3.63) is 0 Å². The molecule has 1 rings (SSSR count). The Balaban J connectivity index is -0.0000000228. The number of hydrogen-bond acceptors (Lipinski definition) is 7. The van der Waals surface area contributed by atoms with Crippen LogP contribution in [0.1, 0.15) is 488 Å². The molecule has 5 atom stereocenters. The molecule has 0 spiro atoms. The van der Waals surface area contributed by atoms with E-state index in [0.29, 0.717) is 36.4 Å². The monoisotopic (exact) mass is 1680 g/mol. The first-order valence-corrected chi connectivity index (χ1v) is 41.0. The van der Waals surface area contributed by atoms with Crippen molar-refractivity contribution < 1.29 is 31.8 Å². The summed E-state index contributed by atoms with van der Waals surface area (Å²) in [6.07, 6.45) is 24.8. The Bertz CT molecular complexity index is 1050. The zero-order valence-electron chi connectivity index (χ0n) is 75.4. The van der Waals surface area contributed by atoms with Gasteiger partial charge in [0.15, 0.2) is 0 Å². The highest BCUT2D eigenvalue weighted by Gasteiger charge is 2.23. The van der Waals surface area contributed by atoms with Gasteiger partial charge in [0.05, 0.1) is 20.0 Å². The third-order valence-corrected chi connectivity index (χ3v) is 16.4. The van der Waals surface area contributed by atoms with Crippen LogP contribution in [0.15, 0.2) is 0 Å². The average molecular weight is 1680 g/mol. The Morgan fingerprint density at radius 1 is 0.473 bits per heavy atom. The molecular formula is C100H259ClF4N4O3. The maximum absolute atomic E-state index is 12.2. The molecule has 0 aromatic rings. The van der Waals surface area contributed by atoms with E-state index in [0.717, 1.165) is 126 Å². The number of rotatable bonds is 32. The highest BCUT2D eigenvalue weighted by Crippen LogP contribution is 2.27. The molecule has 732 valence electrons. The molecule has 12 heteroatoms. The van der Waals surface area contributed by atoms with Crippen LogP contribution in [0.25, 0.3) is 0 Å². The molecule has 0 radical (unpaired) electrons. The van der Waals surface area contributed by atoms with E-state index in [4.69, 9.17) is 25.8 Å². The fourth-order valence-electron chi connectivity index (χ4n) is 7.12. The standard InChI is InChI=1S/3C8H18.C6H12F2.C6H14O.2C6H14.C5H11Cl.C5H9F.2C5H13N.2C4H11N.2C4H10O.CH3F.15CH4/c1-6-7(2)8(3,4)5;1-5-8(4)6-7(2)3;1-5-7(3)8(4)6-2;1-3-5-6(7,8)4-2;1-4-5-6(2)7-3;2*1-4-5-6(2)3;1-3-5(6)4-2;6-4-5-2-1-3-5;1-4-5-6(2)3;1-4-6(3)5-2;1-3-4-5-2;1-3-5-4-2;1-3-4-5-2;1-3-5-4-2;1-2;;;;;;;;;;;;;;;/h7H,6H2,1-5H3;2*7-8H,5-6H2,1-4H3;3-5H2,1-2H3;6H,4-5H2,1-3H3;2*6H,4-5H2,1-3H3;5H,3-4H2,1-2H3;5H,1-4H2;2*4-5H2,1-3H3;2*5H,3-4H2,1-2H3;2*3-4H2,1-2H3;1H3;15*1H4. The smallest absolute Gasteiger partial charge is 0.247 e. The van der Waals surface area contributed by atoms with Crippen molar-refractivity contribution in [1.82, 2.24) is 20.4 Å². The maximum atomic E-state index is 12.2. The summed E-state index contributed by atoms with van der Waals surface area (Å²) in [5.41, 5.74) is 0.509. The molecular weight excluding hydrogens is 1420 g/mol.